The summed E-state index contributed by atoms with van der Waals surface area (Å²) in [6.07, 6.45) is 2.09. The smallest absolute Gasteiger partial charge is 0.191 e. The Morgan fingerprint density at radius 1 is 1.26 bits per heavy atom. The van der Waals surface area contributed by atoms with E-state index in [2.05, 4.69) is 21.9 Å². The van der Waals surface area contributed by atoms with E-state index >= 15 is 0 Å². The number of benzene rings is 1. The summed E-state index contributed by atoms with van der Waals surface area (Å²) < 4.78 is 5.12. The summed E-state index contributed by atoms with van der Waals surface area (Å²) in [5.41, 5.74) is 1.20. The van der Waals surface area contributed by atoms with Crippen molar-refractivity contribution in [3.05, 3.63) is 29.8 Å². The summed E-state index contributed by atoms with van der Waals surface area (Å²) >= 11 is 1.81. The van der Waals surface area contributed by atoms with E-state index in [0.29, 0.717) is 0 Å². The first kappa shape index (κ1) is 18.4. The Bertz CT molecular complexity index is 371. The second kappa shape index (κ2) is 11.2. The Morgan fingerprint density at radius 3 is 2.47 bits per heavy atom. The number of guanidine groups is 1. The summed E-state index contributed by atoms with van der Waals surface area (Å²) in [5, 5.41) is 6.53. The number of aliphatic imine (C=N–C) groups is 1. The fourth-order valence-corrected chi connectivity index (χ4v) is 1.73. The Balaban J connectivity index is 0.00000324. The maximum atomic E-state index is 5.12. The predicted molar refractivity (Wildman–Crippen MR) is 95.0 cm³/mol. The lowest BCUT2D eigenvalue weighted by atomic mass is 10.2. The van der Waals surface area contributed by atoms with Crippen molar-refractivity contribution in [3.63, 3.8) is 0 Å². The van der Waals surface area contributed by atoms with Gasteiger partial charge >= 0.3 is 0 Å². The molecular weight excluding hydrogens is 373 g/mol. The molecule has 0 aromatic heterocycles. The molecule has 4 nitrogen and oxygen atoms in total. The molecule has 0 atom stereocenters. The van der Waals surface area contributed by atoms with Crippen molar-refractivity contribution >= 4 is 41.7 Å². The van der Waals surface area contributed by atoms with Crippen molar-refractivity contribution in [1.82, 2.24) is 10.6 Å². The number of nitrogens with one attached hydrogen (secondary N) is 2. The van der Waals surface area contributed by atoms with Crippen LogP contribution in [0.2, 0.25) is 0 Å². The molecule has 1 aromatic rings. The van der Waals surface area contributed by atoms with E-state index in [-0.39, 0.29) is 24.0 Å². The van der Waals surface area contributed by atoms with Gasteiger partial charge in [0.05, 0.1) is 7.11 Å². The number of methoxy groups -OCH3 is 1. The van der Waals surface area contributed by atoms with Crippen LogP contribution in [0.3, 0.4) is 0 Å². The van der Waals surface area contributed by atoms with Gasteiger partial charge in [0.15, 0.2) is 5.96 Å². The molecule has 6 heteroatoms. The van der Waals surface area contributed by atoms with Crippen LogP contribution in [0.5, 0.6) is 5.75 Å². The molecule has 0 heterocycles. The Labute approximate surface area is 136 Å². The minimum atomic E-state index is 0. The van der Waals surface area contributed by atoms with Crippen molar-refractivity contribution in [1.29, 1.82) is 0 Å². The third-order valence-corrected chi connectivity index (χ3v) is 3.05. The number of thioether (sulfide) groups is 1. The molecule has 108 valence electrons. The van der Waals surface area contributed by atoms with Gasteiger partial charge in [0.1, 0.15) is 5.75 Å². The number of hydrogen-bond donors (Lipinski definition) is 2. The largest absolute Gasteiger partial charge is 0.497 e. The first-order valence-electron chi connectivity index (χ1n) is 5.86. The zero-order chi connectivity index (χ0) is 13.2. The molecule has 0 aliphatic heterocycles. The first-order valence-corrected chi connectivity index (χ1v) is 7.26. The molecule has 0 aliphatic rings. The fraction of sp³-hybridized carbons (Fsp3) is 0.462. The van der Waals surface area contributed by atoms with Crippen LogP contribution in [0.1, 0.15) is 5.56 Å². The summed E-state index contributed by atoms with van der Waals surface area (Å²) in [6.45, 7) is 1.67. The van der Waals surface area contributed by atoms with E-state index in [4.69, 9.17) is 4.74 Å². The Kier molecular flexibility index (Phi) is 10.8. The highest BCUT2D eigenvalue weighted by Crippen LogP contribution is 2.10. The summed E-state index contributed by atoms with van der Waals surface area (Å²) in [6, 6.07) is 8.00. The topological polar surface area (TPSA) is 45.7 Å². The van der Waals surface area contributed by atoms with Gasteiger partial charge in [-0.3, -0.25) is 4.99 Å². The van der Waals surface area contributed by atoms with Gasteiger partial charge in [-0.1, -0.05) is 12.1 Å². The molecule has 0 amide bonds. The lowest BCUT2D eigenvalue weighted by molar-refractivity contribution is 0.414. The van der Waals surface area contributed by atoms with E-state index in [0.717, 1.165) is 30.6 Å². The molecule has 0 saturated carbocycles. The fourth-order valence-electron chi connectivity index (χ4n) is 1.42. The van der Waals surface area contributed by atoms with Crippen LogP contribution in [-0.2, 0) is 6.54 Å². The quantitative estimate of drug-likeness (QED) is 0.336. The van der Waals surface area contributed by atoms with Crippen LogP contribution in [0.15, 0.2) is 29.3 Å². The number of halogens is 1. The predicted octanol–water partition coefficient (Wildman–Crippen LogP) is 2.34. The monoisotopic (exact) mass is 395 g/mol. The van der Waals surface area contributed by atoms with E-state index in [1.807, 2.05) is 36.0 Å². The lowest BCUT2D eigenvalue weighted by Gasteiger charge is -2.11. The van der Waals surface area contributed by atoms with Gasteiger partial charge < -0.3 is 15.4 Å². The Hall–Kier alpha value is -0.630. The second-order valence-electron chi connectivity index (χ2n) is 3.69. The maximum Gasteiger partial charge on any atom is 0.191 e. The molecule has 0 radical (unpaired) electrons. The molecule has 0 aliphatic carbocycles. The highest BCUT2D eigenvalue weighted by atomic mass is 127. The Morgan fingerprint density at radius 2 is 1.95 bits per heavy atom. The first-order chi connectivity index (χ1) is 8.80. The van der Waals surface area contributed by atoms with Gasteiger partial charge in [-0.2, -0.15) is 11.8 Å². The average molecular weight is 395 g/mol. The van der Waals surface area contributed by atoms with Crippen molar-refractivity contribution in [2.75, 3.05) is 32.7 Å². The van der Waals surface area contributed by atoms with Crippen LogP contribution in [-0.4, -0.2) is 38.7 Å². The van der Waals surface area contributed by atoms with Gasteiger partial charge in [0.2, 0.25) is 0 Å². The van der Waals surface area contributed by atoms with E-state index < -0.39 is 0 Å². The normalized spacial score (nSPS) is 10.6. The second-order valence-corrected chi connectivity index (χ2v) is 4.68. The molecule has 1 rings (SSSR count). The SMILES string of the molecule is CN=C(NCCSC)NCc1ccc(OC)cc1.I. The van der Waals surface area contributed by atoms with Gasteiger partial charge in [-0.05, 0) is 24.0 Å². The molecule has 0 unspecified atom stereocenters. The number of nitrogens with zero attached hydrogens (tertiary/aromatic N) is 1. The summed E-state index contributed by atoms with van der Waals surface area (Å²) in [7, 11) is 3.45. The summed E-state index contributed by atoms with van der Waals surface area (Å²) in [4.78, 5) is 4.17. The highest BCUT2D eigenvalue weighted by Gasteiger charge is 1.98. The molecule has 19 heavy (non-hydrogen) atoms. The third kappa shape index (κ3) is 7.51. The standard InChI is InChI=1S/C13H21N3OS.HI/c1-14-13(15-8-9-18-3)16-10-11-4-6-12(17-2)7-5-11;/h4-7H,8-10H2,1-3H3,(H2,14,15,16);1H. The van der Waals surface area contributed by atoms with E-state index in [1.165, 1.54) is 5.56 Å². The minimum absolute atomic E-state index is 0. The zero-order valence-electron chi connectivity index (χ0n) is 11.6. The molecule has 1 aromatic carbocycles. The van der Waals surface area contributed by atoms with Crippen LogP contribution in [0, 0.1) is 0 Å². The zero-order valence-corrected chi connectivity index (χ0v) is 14.7. The molecule has 2 N–H and O–H groups in total. The van der Waals surface area contributed by atoms with Gasteiger partial charge in [-0.15, -0.1) is 24.0 Å². The van der Waals surface area contributed by atoms with Crippen molar-refractivity contribution in [2.45, 2.75) is 6.54 Å². The molecule has 0 fully saturated rings. The van der Waals surface area contributed by atoms with E-state index in [1.54, 1.807) is 14.2 Å². The van der Waals surface area contributed by atoms with Crippen molar-refractivity contribution in [3.8, 4) is 5.75 Å². The third-order valence-electron chi connectivity index (χ3n) is 2.44. The van der Waals surface area contributed by atoms with Crippen LogP contribution in [0.25, 0.3) is 0 Å². The maximum absolute atomic E-state index is 5.12. The van der Waals surface area contributed by atoms with Crippen molar-refractivity contribution < 1.29 is 4.74 Å². The number of rotatable bonds is 6. The number of ether oxygens (including phenoxy) is 1. The van der Waals surface area contributed by atoms with Crippen LogP contribution < -0.4 is 15.4 Å². The summed E-state index contributed by atoms with van der Waals surface area (Å²) in [5.74, 6) is 2.78. The molecule has 0 bridgehead atoms. The van der Waals surface area contributed by atoms with E-state index in [9.17, 15) is 0 Å². The van der Waals surface area contributed by atoms with Crippen molar-refractivity contribution in [2.24, 2.45) is 4.99 Å². The number of hydrogen-bond acceptors (Lipinski definition) is 3. The minimum Gasteiger partial charge on any atom is -0.497 e. The lowest BCUT2D eigenvalue weighted by Crippen LogP contribution is -2.37. The van der Waals surface area contributed by atoms with Gasteiger partial charge in [0.25, 0.3) is 0 Å². The average Bonchev–Trinajstić information content (AvgIpc) is 2.43. The van der Waals surface area contributed by atoms with Crippen LogP contribution in [0.4, 0.5) is 0 Å². The molecule has 0 spiro atoms. The van der Waals surface area contributed by atoms with Gasteiger partial charge in [-0.25, -0.2) is 0 Å². The molecular formula is C13H22IN3OS. The van der Waals surface area contributed by atoms with Gasteiger partial charge in [0, 0.05) is 25.9 Å². The highest BCUT2D eigenvalue weighted by molar-refractivity contribution is 14.0. The van der Waals surface area contributed by atoms with Crippen LogP contribution >= 0.6 is 35.7 Å². The molecule has 0 saturated heterocycles.